The number of rotatable bonds is 6. The van der Waals surface area contributed by atoms with E-state index in [0.717, 1.165) is 5.56 Å². The molecule has 2 aromatic carbocycles. The summed E-state index contributed by atoms with van der Waals surface area (Å²) in [5, 5.41) is 9.88. The Kier molecular flexibility index (Phi) is 4.52. The van der Waals surface area contributed by atoms with E-state index in [4.69, 9.17) is 18.6 Å². The molecular weight excluding hydrogens is 324 g/mol. The lowest BCUT2D eigenvalue weighted by Gasteiger charge is -2.11. The molecule has 0 saturated heterocycles. The van der Waals surface area contributed by atoms with Gasteiger partial charge in [-0.15, -0.1) is 0 Å². The van der Waals surface area contributed by atoms with Gasteiger partial charge in [-0.05, 0) is 36.8 Å². The van der Waals surface area contributed by atoms with Gasteiger partial charge in [-0.25, -0.2) is 4.79 Å². The third-order valence-corrected chi connectivity index (χ3v) is 3.95. The molecule has 0 aliphatic rings. The van der Waals surface area contributed by atoms with Gasteiger partial charge >= 0.3 is 5.97 Å². The number of benzene rings is 2. The quantitative estimate of drug-likeness (QED) is 0.728. The number of aryl methyl sites for hydroxylation is 1. The van der Waals surface area contributed by atoms with Crippen LogP contribution in [0.2, 0.25) is 0 Å². The molecule has 0 saturated carbocycles. The van der Waals surface area contributed by atoms with Gasteiger partial charge in [0.05, 0.1) is 19.6 Å². The number of aromatic carboxylic acids is 1. The van der Waals surface area contributed by atoms with Crippen molar-refractivity contribution in [3.63, 3.8) is 0 Å². The Morgan fingerprint density at radius 2 is 1.84 bits per heavy atom. The molecule has 0 fully saturated rings. The molecular formula is C19H18O6. The molecule has 0 bridgehead atoms. The van der Waals surface area contributed by atoms with E-state index >= 15 is 0 Å². The minimum absolute atomic E-state index is 0.0721. The smallest absolute Gasteiger partial charge is 0.372 e. The van der Waals surface area contributed by atoms with Gasteiger partial charge in [0.15, 0.2) is 11.5 Å². The Morgan fingerprint density at radius 3 is 2.52 bits per heavy atom. The lowest BCUT2D eigenvalue weighted by molar-refractivity contribution is 0.0664. The molecule has 0 spiro atoms. The van der Waals surface area contributed by atoms with E-state index < -0.39 is 5.97 Å². The number of hydrogen-bond donors (Lipinski definition) is 1. The van der Waals surface area contributed by atoms with Gasteiger partial charge in [0.25, 0.3) is 0 Å². The van der Waals surface area contributed by atoms with Gasteiger partial charge in [0.2, 0.25) is 5.76 Å². The first-order valence-corrected chi connectivity index (χ1v) is 7.64. The highest BCUT2D eigenvalue weighted by atomic mass is 16.5. The average molecular weight is 342 g/mol. The van der Waals surface area contributed by atoms with Crippen LogP contribution in [-0.2, 0) is 6.61 Å². The molecule has 130 valence electrons. The molecule has 0 atom stereocenters. The maximum Gasteiger partial charge on any atom is 0.372 e. The van der Waals surface area contributed by atoms with Crippen molar-refractivity contribution in [2.24, 2.45) is 0 Å². The molecule has 0 amide bonds. The highest BCUT2D eigenvalue weighted by molar-refractivity contribution is 5.97. The second-order valence-electron chi connectivity index (χ2n) is 5.47. The Hall–Kier alpha value is -3.15. The highest BCUT2D eigenvalue weighted by Gasteiger charge is 2.19. The van der Waals surface area contributed by atoms with E-state index in [1.54, 1.807) is 39.3 Å². The molecule has 6 nitrogen and oxygen atoms in total. The van der Waals surface area contributed by atoms with Crippen molar-refractivity contribution in [3.05, 3.63) is 53.3 Å². The van der Waals surface area contributed by atoms with Crippen LogP contribution >= 0.6 is 0 Å². The Bertz CT molecular complexity index is 925. The number of fused-ring (bicyclic) bond motifs is 1. The monoisotopic (exact) mass is 342 g/mol. The number of methoxy groups -OCH3 is 2. The maximum absolute atomic E-state index is 11.3. The first-order valence-electron chi connectivity index (χ1n) is 7.64. The molecule has 3 aromatic rings. The Balaban J connectivity index is 1.90. The summed E-state index contributed by atoms with van der Waals surface area (Å²) in [4.78, 5) is 11.3. The van der Waals surface area contributed by atoms with E-state index in [0.29, 0.717) is 40.4 Å². The van der Waals surface area contributed by atoms with Crippen LogP contribution in [-0.4, -0.2) is 25.3 Å². The largest absolute Gasteiger partial charge is 0.493 e. The van der Waals surface area contributed by atoms with E-state index in [1.807, 2.05) is 18.2 Å². The first-order chi connectivity index (χ1) is 12.0. The number of ether oxygens (including phenoxy) is 3. The molecule has 6 heteroatoms. The second kappa shape index (κ2) is 6.76. The van der Waals surface area contributed by atoms with Crippen molar-refractivity contribution in [1.29, 1.82) is 0 Å². The fourth-order valence-electron chi connectivity index (χ4n) is 2.72. The van der Waals surface area contributed by atoms with Crippen LogP contribution in [0, 0.1) is 6.92 Å². The van der Waals surface area contributed by atoms with Crippen molar-refractivity contribution in [2.75, 3.05) is 14.2 Å². The zero-order valence-electron chi connectivity index (χ0n) is 14.2. The van der Waals surface area contributed by atoms with Crippen molar-refractivity contribution >= 4 is 16.9 Å². The van der Waals surface area contributed by atoms with E-state index in [1.165, 1.54) is 0 Å². The van der Waals surface area contributed by atoms with Gasteiger partial charge in [-0.3, -0.25) is 0 Å². The third-order valence-electron chi connectivity index (χ3n) is 3.95. The topological polar surface area (TPSA) is 78.1 Å². The number of carbonyl (C=O) groups is 1. The average Bonchev–Trinajstić information content (AvgIpc) is 2.97. The number of carboxylic acid groups (broad SMARTS) is 1. The summed E-state index contributed by atoms with van der Waals surface area (Å²) in [6.45, 7) is 2.01. The van der Waals surface area contributed by atoms with Crippen molar-refractivity contribution in [3.8, 4) is 17.2 Å². The minimum atomic E-state index is -1.10. The standard InChI is InChI=1S/C19H18O6/c1-11-17-14(5-4-6-15(17)25-18(11)19(20)21)24-10-12-7-8-13(22-2)16(9-12)23-3/h4-9H,10H2,1-3H3,(H,20,21). The molecule has 3 rings (SSSR count). The summed E-state index contributed by atoms with van der Waals surface area (Å²) in [5.74, 6) is 0.664. The van der Waals surface area contributed by atoms with Gasteiger partial charge in [-0.1, -0.05) is 12.1 Å². The molecule has 1 aromatic heterocycles. The maximum atomic E-state index is 11.3. The normalized spacial score (nSPS) is 10.7. The highest BCUT2D eigenvalue weighted by Crippen LogP contribution is 2.34. The molecule has 1 N–H and O–H groups in total. The lowest BCUT2D eigenvalue weighted by Crippen LogP contribution is -1.98. The van der Waals surface area contributed by atoms with E-state index in [9.17, 15) is 9.90 Å². The Morgan fingerprint density at radius 1 is 1.08 bits per heavy atom. The summed E-state index contributed by atoms with van der Waals surface area (Å²) >= 11 is 0. The minimum Gasteiger partial charge on any atom is -0.493 e. The number of hydrogen-bond acceptors (Lipinski definition) is 5. The predicted molar refractivity (Wildman–Crippen MR) is 91.8 cm³/mol. The molecule has 0 aliphatic carbocycles. The Labute approximate surface area is 144 Å². The predicted octanol–water partition coefficient (Wildman–Crippen LogP) is 4.04. The van der Waals surface area contributed by atoms with Crippen LogP contribution in [0.5, 0.6) is 17.2 Å². The zero-order chi connectivity index (χ0) is 18.0. The molecule has 25 heavy (non-hydrogen) atoms. The lowest BCUT2D eigenvalue weighted by atomic mass is 10.1. The van der Waals surface area contributed by atoms with Gasteiger partial charge in [0.1, 0.15) is 17.9 Å². The molecule has 0 unspecified atom stereocenters. The fourth-order valence-corrected chi connectivity index (χ4v) is 2.72. The summed E-state index contributed by atoms with van der Waals surface area (Å²) in [7, 11) is 3.15. The van der Waals surface area contributed by atoms with Crippen LogP contribution in [0.3, 0.4) is 0 Å². The van der Waals surface area contributed by atoms with Gasteiger partial charge in [0, 0.05) is 5.56 Å². The third kappa shape index (κ3) is 3.10. The van der Waals surface area contributed by atoms with Gasteiger partial charge < -0.3 is 23.7 Å². The number of carboxylic acids is 1. The summed E-state index contributed by atoms with van der Waals surface area (Å²) in [6, 6.07) is 10.8. The van der Waals surface area contributed by atoms with Crippen LogP contribution in [0.1, 0.15) is 21.7 Å². The van der Waals surface area contributed by atoms with Crippen LogP contribution in [0.15, 0.2) is 40.8 Å². The van der Waals surface area contributed by atoms with Gasteiger partial charge in [-0.2, -0.15) is 0 Å². The van der Waals surface area contributed by atoms with E-state index in [2.05, 4.69) is 0 Å². The van der Waals surface area contributed by atoms with Crippen LogP contribution < -0.4 is 14.2 Å². The van der Waals surface area contributed by atoms with Crippen molar-refractivity contribution in [2.45, 2.75) is 13.5 Å². The fraction of sp³-hybridized carbons (Fsp3) is 0.211. The van der Waals surface area contributed by atoms with E-state index in [-0.39, 0.29) is 5.76 Å². The van der Waals surface area contributed by atoms with Crippen molar-refractivity contribution in [1.82, 2.24) is 0 Å². The molecule has 0 radical (unpaired) electrons. The zero-order valence-corrected chi connectivity index (χ0v) is 14.2. The van der Waals surface area contributed by atoms with Crippen LogP contribution in [0.25, 0.3) is 11.0 Å². The first kappa shape index (κ1) is 16.7. The SMILES string of the molecule is COc1ccc(COc2cccc3oc(C(=O)O)c(C)c23)cc1OC. The molecule has 1 heterocycles. The summed E-state index contributed by atoms with van der Waals surface area (Å²) < 4.78 is 21.8. The van der Waals surface area contributed by atoms with Crippen molar-refractivity contribution < 1.29 is 28.5 Å². The summed E-state index contributed by atoms with van der Waals surface area (Å²) in [6.07, 6.45) is 0. The molecule has 0 aliphatic heterocycles. The number of furan rings is 1. The summed E-state index contributed by atoms with van der Waals surface area (Å²) in [5.41, 5.74) is 1.93. The van der Waals surface area contributed by atoms with Crippen LogP contribution in [0.4, 0.5) is 0 Å². The second-order valence-corrected chi connectivity index (χ2v) is 5.47.